The van der Waals surface area contributed by atoms with Gasteiger partial charge in [-0.05, 0) is 44.9 Å². The van der Waals surface area contributed by atoms with E-state index in [1.807, 2.05) is 12.3 Å². The molecule has 2 atom stereocenters. The molecule has 0 aromatic carbocycles. The van der Waals surface area contributed by atoms with E-state index in [2.05, 4.69) is 27.8 Å². The second-order valence-corrected chi connectivity index (χ2v) is 6.22. The third-order valence-electron chi connectivity index (χ3n) is 3.92. The Balaban J connectivity index is 2.03. The van der Waals surface area contributed by atoms with Gasteiger partial charge in [-0.15, -0.1) is 0 Å². The SMILES string of the molecule is CC(=O)C[C@](C)(O)C#CCN1CCCC[C@H]1c1cccnc1. The first-order valence-corrected chi connectivity index (χ1v) is 7.84. The van der Waals surface area contributed by atoms with Crippen LogP contribution in [0.1, 0.15) is 51.1 Å². The number of aromatic nitrogens is 1. The van der Waals surface area contributed by atoms with E-state index in [0.717, 1.165) is 13.0 Å². The first kappa shape index (κ1) is 16.7. The topological polar surface area (TPSA) is 53.4 Å². The van der Waals surface area contributed by atoms with Gasteiger partial charge in [-0.2, -0.15) is 0 Å². The second kappa shape index (κ2) is 7.53. The molecule has 0 aliphatic carbocycles. The monoisotopic (exact) mass is 300 g/mol. The highest BCUT2D eigenvalue weighted by Crippen LogP contribution is 2.29. The Labute approximate surface area is 132 Å². The van der Waals surface area contributed by atoms with Crippen LogP contribution in [0.25, 0.3) is 0 Å². The lowest BCUT2D eigenvalue weighted by atomic mass is 9.96. The van der Waals surface area contributed by atoms with Crippen molar-refractivity contribution in [2.75, 3.05) is 13.1 Å². The Kier molecular flexibility index (Phi) is 5.70. The summed E-state index contributed by atoms with van der Waals surface area (Å²) in [5.41, 5.74) is -0.00898. The molecule has 1 aliphatic heterocycles. The van der Waals surface area contributed by atoms with Gasteiger partial charge in [0.2, 0.25) is 0 Å². The van der Waals surface area contributed by atoms with Crippen molar-refractivity contribution in [1.29, 1.82) is 0 Å². The molecule has 0 amide bonds. The summed E-state index contributed by atoms with van der Waals surface area (Å²) in [6, 6.07) is 4.41. The highest BCUT2D eigenvalue weighted by Gasteiger charge is 2.24. The van der Waals surface area contributed by atoms with Gasteiger partial charge in [-0.1, -0.05) is 24.3 Å². The van der Waals surface area contributed by atoms with Gasteiger partial charge in [-0.3, -0.25) is 14.7 Å². The van der Waals surface area contributed by atoms with E-state index in [1.54, 1.807) is 13.1 Å². The number of hydrogen-bond acceptors (Lipinski definition) is 4. The average Bonchev–Trinajstić information content (AvgIpc) is 2.47. The Morgan fingerprint density at radius 3 is 3.05 bits per heavy atom. The van der Waals surface area contributed by atoms with Gasteiger partial charge in [0.1, 0.15) is 11.4 Å². The van der Waals surface area contributed by atoms with Crippen LogP contribution in [0.5, 0.6) is 0 Å². The maximum atomic E-state index is 11.1. The summed E-state index contributed by atoms with van der Waals surface area (Å²) in [6.45, 7) is 4.67. The summed E-state index contributed by atoms with van der Waals surface area (Å²) in [5.74, 6) is 5.84. The largest absolute Gasteiger partial charge is 0.377 e. The number of pyridine rings is 1. The van der Waals surface area contributed by atoms with E-state index >= 15 is 0 Å². The number of piperidine rings is 1. The number of hydrogen-bond donors (Lipinski definition) is 1. The molecule has 4 nitrogen and oxygen atoms in total. The molecular formula is C18H24N2O2. The van der Waals surface area contributed by atoms with Gasteiger partial charge in [0, 0.05) is 24.9 Å². The zero-order chi connectivity index (χ0) is 16.0. The summed E-state index contributed by atoms with van der Waals surface area (Å²) >= 11 is 0. The fourth-order valence-electron chi connectivity index (χ4n) is 2.99. The van der Waals surface area contributed by atoms with E-state index in [0.29, 0.717) is 12.6 Å². The van der Waals surface area contributed by atoms with Crippen LogP contribution in [0, 0.1) is 11.8 Å². The Morgan fingerprint density at radius 2 is 2.36 bits per heavy atom. The molecular weight excluding hydrogens is 276 g/mol. The van der Waals surface area contributed by atoms with Gasteiger partial charge in [0.15, 0.2) is 0 Å². The van der Waals surface area contributed by atoms with Crippen LogP contribution < -0.4 is 0 Å². The molecule has 2 heterocycles. The van der Waals surface area contributed by atoms with Crippen molar-refractivity contribution in [1.82, 2.24) is 9.88 Å². The Morgan fingerprint density at radius 1 is 1.55 bits per heavy atom. The maximum Gasteiger partial charge on any atom is 0.133 e. The van der Waals surface area contributed by atoms with Crippen molar-refractivity contribution < 1.29 is 9.90 Å². The van der Waals surface area contributed by atoms with Crippen molar-refractivity contribution in [3.8, 4) is 11.8 Å². The molecule has 22 heavy (non-hydrogen) atoms. The van der Waals surface area contributed by atoms with Crippen molar-refractivity contribution in [3.05, 3.63) is 30.1 Å². The third kappa shape index (κ3) is 4.94. The lowest BCUT2D eigenvalue weighted by molar-refractivity contribution is -0.119. The van der Waals surface area contributed by atoms with Gasteiger partial charge in [0.05, 0.1) is 6.54 Å². The average molecular weight is 300 g/mol. The van der Waals surface area contributed by atoms with Gasteiger partial charge >= 0.3 is 0 Å². The number of ketones is 1. The highest BCUT2D eigenvalue weighted by molar-refractivity contribution is 5.77. The minimum Gasteiger partial charge on any atom is -0.377 e. The first-order chi connectivity index (χ1) is 10.5. The number of likely N-dealkylation sites (tertiary alicyclic amines) is 1. The summed E-state index contributed by atoms with van der Waals surface area (Å²) in [4.78, 5) is 17.7. The summed E-state index contributed by atoms with van der Waals surface area (Å²) < 4.78 is 0. The number of carbonyl (C=O) groups excluding carboxylic acids is 1. The van der Waals surface area contributed by atoms with Crippen LogP contribution in [-0.2, 0) is 4.79 Å². The van der Waals surface area contributed by atoms with Crippen molar-refractivity contribution in [2.45, 2.75) is 51.2 Å². The predicted molar refractivity (Wildman–Crippen MR) is 86.1 cm³/mol. The number of Topliss-reactive ketones (excluding diaryl/α,β-unsaturated/α-hetero) is 1. The smallest absolute Gasteiger partial charge is 0.133 e. The molecule has 1 N–H and O–H groups in total. The van der Waals surface area contributed by atoms with Crippen LogP contribution in [0.15, 0.2) is 24.5 Å². The number of carbonyl (C=O) groups is 1. The minimum atomic E-state index is -1.23. The Hall–Kier alpha value is -1.70. The molecule has 4 heteroatoms. The molecule has 118 valence electrons. The molecule has 1 aromatic rings. The second-order valence-electron chi connectivity index (χ2n) is 6.22. The molecule has 1 aromatic heterocycles. The molecule has 0 spiro atoms. The van der Waals surface area contributed by atoms with Crippen LogP contribution in [0.3, 0.4) is 0 Å². The lowest BCUT2D eigenvalue weighted by Crippen LogP contribution is -2.34. The van der Waals surface area contributed by atoms with Crippen molar-refractivity contribution >= 4 is 5.78 Å². The van der Waals surface area contributed by atoms with Crippen LogP contribution in [0.2, 0.25) is 0 Å². The van der Waals surface area contributed by atoms with Crippen LogP contribution in [-0.4, -0.2) is 39.5 Å². The zero-order valence-corrected chi connectivity index (χ0v) is 13.4. The molecule has 2 rings (SSSR count). The Bertz CT molecular complexity index is 557. The minimum absolute atomic E-state index is 0.0505. The summed E-state index contributed by atoms with van der Waals surface area (Å²) in [5, 5.41) is 10.1. The molecule has 0 saturated carbocycles. The van der Waals surface area contributed by atoms with E-state index in [-0.39, 0.29) is 12.2 Å². The highest BCUT2D eigenvalue weighted by atomic mass is 16.3. The standard InChI is InChI=1S/C18H24N2O2/c1-15(21)13-18(2,22)9-6-12-20-11-4-3-8-17(20)16-7-5-10-19-14-16/h5,7,10,14,17,22H,3-4,8,11-13H2,1-2H3/t17-,18+/m0/s1. The fraction of sp³-hybridized carbons (Fsp3) is 0.556. The fourth-order valence-corrected chi connectivity index (χ4v) is 2.99. The van der Waals surface area contributed by atoms with Gasteiger partial charge in [-0.25, -0.2) is 0 Å². The van der Waals surface area contributed by atoms with Gasteiger partial charge in [0.25, 0.3) is 0 Å². The zero-order valence-electron chi connectivity index (χ0n) is 13.4. The quantitative estimate of drug-likeness (QED) is 0.867. The normalized spacial score (nSPS) is 21.5. The van der Waals surface area contributed by atoms with E-state index in [1.165, 1.54) is 25.3 Å². The summed E-state index contributed by atoms with van der Waals surface area (Å²) in [7, 11) is 0. The molecule has 1 aliphatic rings. The molecule has 1 fully saturated rings. The van der Waals surface area contributed by atoms with Crippen LogP contribution in [0.4, 0.5) is 0 Å². The molecule has 0 unspecified atom stereocenters. The van der Waals surface area contributed by atoms with Crippen LogP contribution >= 0.6 is 0 Å². The van der Waals surface area contributed by atoms with Crippen molar-refractivity contribution in [2.24, 2.45) is 0 Å². The first-order valence-electron chi connectivity index (χ1n) is 7.84. The lowest BCUT2D eigenvalue weighted by Gasteiger charge is -2.34. The van der Waals surface area contributed by atoms with E-state index in [9.17, 15) is 9.90 Å². The molecule has 0 bridgehead atoms. The summed E-state index contributed by atoms with van der Waals surface area (Å²) in [6.07, 6.45) is 7.27. The van der Waals surface area contributed by atoms with E-state index < -0.39 is 5.60 Å². The third-order valence-corrected chi connectivity index (χ3v) is 3.92. The number of aliphatic hydroxyl groups is 1. The number of rotatable bonds is 4. The predicted octanol–water partition coefficient (Wildman–Crippen LogP) is 2.34. The maximum absolute atomic E-state index is 11.1. The van der Waals surface area contributed by atoms with Gasteiger partial charge < -0.3 is 5.11 Å². The molecule has 1 saturated heterocycles. The van der Waals surface area contributed by atoms with E-state index in [4.69, 9.17) is 0 Å². The molecule has 0 radical (unpaired) electrons. The number of nitrogens with zero attached hydrogens (tertiary/aromatic N) is 2. The van der Waals surface area contributed by atoms with Crippen molar-refractivity contribution in [3.63, 3.8) is 0 Å².